The molecule has 6 heteroatoms. The van der Waals surface area contributed by atoms with E-state index in [0.717, 1.165) is 49.5 Å². The van der Waals surface area contributed by atoms with E-state index in [1.54, 1.807) is 0 Å². The van der Waals surface area contributed by atoms with E-state index in [4.69, 9.17) is 19.5 Å². The maximum Gasteiger partial charge on any atom is 0.211 e. The number of fused-ring (bicyclic) bond motifs is 8. The lowest BCUT2D eigenvalue weighted by Crippen LogP contribution is -2.39. The van der Waals surface area contributed by atoms with Crippen molar-refractivity contribution < 1.29 is 9.47 Å². The Morgan fingerprint density at radius 3 is 2.12 bits per heavy atom. The summed E-state index contributed by atoms with van der Waals surface area (Å²) < 4.78 is 15.5. The van der Waals surface area contributed by atoms with E-state index < -0.39 is 6.17 Å². The molecule has 6 nitrogen and oxygen atoms in total. The van der Waals surface area contributed by atoms with Gasteiger partial charge in [-0.05, 0) is 35.2 Å². The SMILES string of the molecule is c1ccc(C2=NC(c3ccccc3)N=C(n3c4ccccc4c4ccc5c(c43)Oc3c(ccc4ccccc34)O5)N2)cc1. The molecule has 0 bridgehead atoms. The highest BCUT2D eigenvalue weighted by Crippen LogP contribution is 2.52. The number of hydrogen-bond acceptors (Lipinski definition) is 5. The average Bonchev–Trinajstić information content (AvgIpc) is 3.43. The summed E-state index contributed by atoms with van der Waals surface area (Å²) in [6.45, 7) is 0. The normalized spacial score (nSPS) is 15.6. The number of rotatable bonds is 2. The van der Waals surface area contributed by atoms with Gasteiger partial charge >= 0.3 is 0 Å². The van der Waals surface area contributed by atoms with Gasteiger partial charge in [0.15, 0.2) is 29.2 Å². The molecule has 1 aromatic heterocycles. The molecular formula is C37H24N4O2. The molecule has 0 saturated heterocycles. The predicted molar refractivity (Wildman–Crippen MR) is 172 cm³/mol. The van der Waals surface area contributed by atoms with Crippen LogP contribution in [0.15, 0.2) is 143 Å². The number of benzene rings is 6. The van der Waals surface area contributed by atoms with Gasteiger partial charge in [-0.15, -0.1) is 0 Å². The topological polar surface area (TPSA) is 60.1 Å². The van der Waals surface area contributed by atoms with Crippen LogP contribution in [-0.2, 0) is 0 Å². The number of nitrogens with one attached hydrogen (secondary N) is 1. The summed E-state index contributed by atoms with van der Waals surface area (Å²) in [5, 5.41) is 7.81. The first kappa shape index (κ1) is 23.8. The van der Waals surface area contributed by atoms with Gasteiger partial charge in [0.05, 0.1) is 5.52 Å². The Labute approximate surface area is 247 Å². The number of para-hydroxylation sites is 1. The number of nitrogens with zero attached hydrogens (tertiary/aromatic N) is 3. The number of ether oxygens (including phenoxy) is 2. The molecule has 0 radical (unpaired) electrons. The van der Waals surface area contributed by atoms with Crippen molar-refractivity contribution in [3.8, 4) is 23.0 Å². The Balaban J connectivity index is 1.30. The quantitative estimate of drug-likeness (QED) is 0.231. The Bertz CT molecular complexity index is 2270. The molecule has 0 fully saturated rings. The van der Waals surface area contributed by atoms with Crippen LogP contribution in [0.3, 0.4) is 0 Å². The van der Waals surface area contributed by atoms with E-state index in [0.29, 0.717) is 29.0 Å². The van der Waals surface area contributed by atoms with Gasteiger partial charge in [-0.25, -0.2) is 9.98 Å². The van der Waals surface area contributed by atoms with E-state index in [-0.39, 0.29) is 0 Å². The highest BCUT2D eigenvalue weighted by Gasteiger charge is 2.29. The minimum Gasteiger partial charge on any atom is -0.449 e. The van der Waals surface area contributed by atoms with Crippen molar-refractivity contribution >= 4 is 44.4 Å². The van der Waals surface area contributed by atoms with Crippen LogP contribution in [0.5, 0.6) is 23.0 Å². The summed E-state index contributed by atoms with van der Waals surface area (Å²) in [6, 6.07) is 45.1. The fourth-order valence-electron chi connectivity index (χ4n) is 6.11. The second-order valence-electron chi connectivity index (χ2n) is 10.7. The monoisotopic (exact) mass is 556 g/mol. The van der Waals surface area contributed by atoms with Crippen molar-refractivity contribution in [2.75, 3.05) is 0 Å². The van der Waals surface area contributed by atoms with E-state index in [1.807, 2.05) is 60.7 Å². The van der Waals surface area contributed by atoms with Crippen LogP contribution in [0.2, 0.25) is 0 Å². The lowest BCUT2D eigenvalue weighted by atomic mass is 10.1. The third-order valence-electron chi connectivity index (χ3n) is 8.10. The van der Waals surface area contributed by atoms with E-state index in [1.165, 1.54) is 0 Å². The lowest BCUT2D eigenvalue weighted by molar-refractivity contribution is 0.366. The molecule has 0 aliphatic carbocycles. The molecule has 1 atom stereocenters. The van der Waals surface area contributed by atoms with Gasteiger partial charge < -0.3 is 14.8 Å². The second kappa shape index (κ2) is 9.33. The van der Waals surface area contributed by atoms with Gasteiger partial charge in [0.1, 0.15) is 11.4 Å². The Kier molecular flexibility index (Phi) is 5.16. The lowest BCUT2D eigenvalue weighted by Gasteiger charge is -2.26. The highest BCUT2D eigenvalue weighted by atomic mass is 16.6. The zero-order valence-corrected chi connectivity index (χ0v) is 22.9. The van der Waals surface area contributed by atoms with Crippen LogP contribution in [0, 0.1) is 0 Å². The highest BCUT2D eigenvalue weighted by molar-refractivity contribution is 6.20. The van der Waals surface area contributed by atoms with Gasteiger partial charge in [-0.1, -0.05) is 109 Å². The van der Waals surface area contributed by atoms with E-state index in [2.05, 4.69) is 82.7 Å². The molecule has 204 valence electrons. The molecular weight excluding hydrogens is 532 g/mol. The Morgan fingerprint density at radius 1 is 0.558 bits per heavy atom. The molecule has 3 heterocycles. The second-order valence-corrected chi connectivity index (χ2v) is 10.7. The fraction of sp³-hybridized carbons (Fsp3) is 0.0270. The third kappa shape index (κ3) is 3.73. The fourth-order valence-corrected chi connectivity index (χ4v) is 6.11. The van der Waals surface area contributed by atoms with Crippen LogP contribution in [-0.4, -0.2) is 16.4 Å². The first-order valence-corrected chi connectivity index (χ1v) is 14.3. The predicted octanol–water partition coefficient (Wildman–Crippen LogP) is 8.80. The number of aromatic nitrogens is 1. The maximum atomic E-state index is 6.83. The Hall–Kier alpha value is -5.88. The van der Waals surface area contributed by atoms with E-state index >= 15 is 0 Å². The summed E-state index contributed by atoms with van der Waals surface area (Å²) in [4.78, 5) is 10.2. The van der Waals surface area contributed by atoms with Gasteiger partial charge in [0.25, 0.3) is 0 Å². The van der Waals surface area contributed by atoms with Crippen molar-refractivity contribution in [1.82, 2.24) is 9.88 Å². The van der Waals surface area contributed by atoms with Crippen molar-refractivity contribution in [2.45, 2.75) is 6.17 Å². The molecule has 43 heavy (non-hydrogen) atoms. The summed E-state index contributed by atoms with van der Waals surface area (Å²) in [5.41, 5.74) is 3.88. The number of hydrogen-bond donors (Lipinski definition) is 1. The molecule has 6 aromatic carbocycles. The van der Waals surface area contributed by atoms with Crippen molar-refractivity contribution in [1.29, 1.82) is 0 Å². The molecule has 2 aliphatic heterocycles. The number of amidine groups is 1. The van der Waals surface area contributed by atoms with Crippen molar-refractivity contribution in [3.05, 3.63) is 145 Å². The van der Waals surface area contributed by atoms with Crippen LogP contribution in [0.25, 0.3) is 32.6 Å². The van der Waals surface area contributed by atoms with Crippen LogP contribution in [0.4, 0.5) is 0 Å². The van der Waals surface area contributed by atoms with Crippen molar-refractivity contribution in [2.24, 2.45) is 9.98 Å². The molecule has 9 rings (SSSR count). The van der Waals surface area contributed by atoms with Gasteiger partial charge in [0, 0.05) is 21.7 Å². The standard InChI is InChI=1S/C37H24N4O2/c1-3-12-24(13-4-1)35-38-36(25-14-5-2-6-15-25)40-37(39-35)41-29-18-10-9-17-27(29)28-20-22-31-34(32(28)41)43-33-26-16-8-7-11-23(26)19-21-30(33)42-31/h1-22,35H,(H,38,39,40). The minimum absolute atomic E-state index is 0.426. The number of aliphatic imine (C=N–C) groups is 2. The van der Waals surface area contributed by atoms with Gasteiger partial charge in [0.2, 0.25) is 5.96 Å². The zero-order chi connectivity index (χ0) is 28.3. The minimum atomic E-state index is -0.426. The largest absolute Gasteiger partial charge is 0.449 e. The molecule has 2 aliphatic rings. The molecule has 0 saturated carbocycles. The third-order valence-corrected chi connectivity index (χ3v) is 8.10. The van der Waals surface area contributed by atoms with Crippen LogP contribution < -0.4 is 14.8 Å². The molecule has 0 amide bonds. The van der Waals surface area contributed by atoms with Crippen molar-refractivity contribution in [3.63, 3.8) is 0 Å². The smallest absolute Gasteiger partial charge is 0.211 e. The molecule has 1 N–H and O–H groups in total. The van der Waals surface area contributed by atoms with Crippen LogP contribution in [0.1, 0.15) is 17.3 Å². The van der Waals surface area contributed by atoms with Crippen LogP contribution >= 0.6 is 0 Å². The summed E-state index contributed by atoms with van der Waals surface area (Å²) in [7, 11) is 0. The van der Waals surface area contributed by atoms with Gasteiger partial charge in [-0.2, -0.15) is 0 Å². The summed E-state index contributed by atoms with van der Waals surface area (Å²) in [5.74, 6) is 4.14. The summed E-state index contributed by atoms with van der Waals surface area (Å²) >= 11 is 0. The first-order valence-electron chi connectivity index (χ1n) is 14.3. The molecule has 1 unspecified atom stereocenters. The first-order chi connectivity index (χ1) is 21.3. The van der Waals surface area contributed by atoms with Gasteiger partial charge in [-0.3, -0.25) is 4.57 Å². The zero-order valence-electron chi connectivity index (χ0n) is 22.9. The average molecular weight is 557 g/mol. The van der Waals surface area contributed by atoms with E-state index in [9.17, 15) is 0 Å². The maximum absolute atomic E-state index is 6.83. The Morgan fingerprint density at radius 2 is 1.26 bits per heavy atom. The molecule has 7 aromatic rings. The summed E-state index contributed by atoms with van der Waals surface area (Å²) in [6.07, 6.45) is -0.426. The molecule has 0 spiro atoms.